The van der Waals surface area contributed by atoms with E-state index in [1.54, 1.807) is 12.1 Å². The minimum atomic E-state index is -4.02. The third-order valence-corrected chi connectivity index (χ3v) is 6.17. The van der Waals surface area contributed by atoms with Crippen LogP contribution in [0.3, 0.4) is 0 Å². The molecule has 4 nitrogen and oxygen atoms in total. The second-order valence-corrected chi connectivity index (χ2v) is 11.1. The molecule has 0 atom stereocenters. The maximum atomic E-state index is 10.5. The normalized spacial score (nSPS) is 12.2. The van der Waals surface area contributed by atoms with Gasteiger partial charge in [-0.25, -0.2) is 0 Å². The van der Waals surface area contributed by atoms with Gasteiger partial charge in [-0.15, -0.1) is 0 Å². The molecular formula is C31H38NO3S+. The number of benzene rings is 3. The van der Waals surface area contributed by atoms with Crippen LogP contribution in [-0.2, 0) is 16.5 Å². The van der Waals surface area contributed by atoms with Crippen LogP contribution in [0.25, 0.3) is 12.2 Å². The van der Waals surface area contributed by atoms with Gasteiger partial charge >= 0.3 is 0 Å². The smallest absolute Gasteiger partial charge is 0.294 e. The van der Waals surface area contributed by atoms with Crippen molar-refractivity contribution in [2.24, 2.45) is 0 Å². The molecular weight excluding hydrogens is 466 g/mol. The van der Waals surface area contributed by atoms with Crippen LogP contribution in [0, 0.1) is 6.92 Å². The maximum absolute atomic E-state index is 10.5. The molecule has 5 heteroatoms. The molecule has 3 aromatic carbocycles. The van der Waals surface area contributed by atoms with Crippen molar-refractivity contribution in [3.63, 3.8) is 0 Å². The molecule has 1 N–H and O–H groups in total. The summed E-state index contributed by atoms with van der Waals surface area (Å²) < 4.78 is 30.6. The number of rotatable bonds is 9. The van der Waals surface area contributed by atoms with Crippen LogP contribution < -0.4 is 0 Å². The van der Waals surface area contributed by atoms with E-state index in [-0.39, 0.29) is 4.90 Å². The van der Waals surface area contributed by atoms with Crippen molar-refractivity contribution in [3.05, 3.63) is 125 Å². The lowest BCUT2D eigenvalue weighted by molar-refractivity contribution is -0.870. The standard InChI is InChI=1S/C24H30N.C7H8O3S/c1-25(2,3)21-11-16-24-19-17-23(18-20-24)15-8-5-4-7-12-22-13-9-6-10-14-22;1-6-2-4-7(5-3-6)11(8,9)10/h4-10,12-15,17-20H,11,16,21H2,1-3H3;2-5H,1H3,(H,8,9,10)/q+1;. The fourth-order valence-corrected chi connectivity index (χ4v) is 3.77. The summed E-state index contributed by atoms with van der Waals surface area (Å²) in [5, 5.41) is 0. The number of allylic oxidation sites excluding steroid dienone is 4. The Bertz CT molecular complexity index is 1230. The van der Waals surface area contributed by atoms with Crippen molar-refractivity contribution in [2.75, 3.05) is 27.7 Å². The molecule has 0 aliphatic carbocycles. The lowest BCUT2D eigenvalue weighted by Gasteiger charge is -2.23. The fraction of sp³-hybridized carbons (Fsp3) is 0.226. The summed E-state index contributed by atoms with van der Waals surface area (Å²) in [7, 11) is 2.72. The molecule has 0 spiro atoms. The lowest BCUT2D eigenvalue weighted by Crippen LogP contribution is -2.35. The third kappa shape index (κ3) is 12.5. The first-order chi connectivity index (χ1) is 17.0. The van der Waals surface area contributed by atoms with Crippen molar-refractivity contribution >= 4 is 22.3 Å². The van der Waals surface area contributed by atoms with Crippen LogP contribution in [0.5, 0.6) is 0 Å². The van der Waals surface area contributed by atoms with E-state index in [1.807, 2.05) is 13.0 Å². The third-order valence-electron chi connectivity index (χ3n) is 5.30. The Morgan fingerprint density at radius 3 is 1.75 bits per heavy atom. The quantitative estimate of drug-likeness (QED) is 0.197. The first-order valence-corrected chi connectivity index (χ1v) is 13.5. The Labute approximate surface area is 217 Å². The zero-order chi connectivity index (χ0) is 26.4. The molecule has 36 heavy (non-hydrogen) atoms. The fourth-order valence-electron chi connectivity index (χ4n) is 3.29. The number of hydrogen-bond donors (Lipinski definition) is 1. The van der Waals surface area contributed by atoms with Crippen LogP contribution >= 0.6 is 0 Å². The van der Waals surface area contributed by atoms with Gasteiger partial charge in [0.2, 0.25) is 0 Å². The van der Waals surface area contributed by atoms with Gasteiger partial charge in [-0.2, -0.15) is 8.42 Å². The summed E-state index contributed by atoms with van der Waals surface area (Å²) in [6, 6.07) is 25.2. The van der Waals surface area contributed by atoms with E-state index in [4.69, 9.17) is 4.55 Å². The molecule has 0 fully saturated rings. The highest BCUT2D eigenvalue weighted by Gasteiger charge is 2.07. The largest absolute Gasteiger partial charge is 0.331 e. The Morgan fingerprint density at radius 2 is 1.25 bits per heavy atom. The van der Waals surface area contributed by atoms with Gasteiger partial charge in [-0.3, -0.25) is 4.55 Å². The minimum absolute atomic E-state index is 0.0666. The maximum Gasteiger partial charge on any atom is 0.294 e. The topological polar surface area (TPSA) is 54.4 Å². The first kappa shape index (κ1) is 29.0. The summed E-state index contributed by atoms with van der Waals surface area (Å²) in [6.07, 6.45) is 14.9. The van der Waals surface area contributed by atoms with Crippen molar-refractivity contribution < 1.29 is 17.5 Å². The zero-order valence-electron chi connectivity index (χ0n) is 21.7. The van der Waals surface area contributed by atoms with E-state index < -0.39 is 10.1 Å². The summed E-state index contributed by atoms with van der Waals surface area (Å²) in [5.41, 5.74) is 4.84. The van der Waals surface area contributed by atoms with Gasteiger partial charge in [-0.05, 0) is 42.2 Å². The Kier molecular flexibility index (Phi) is 11.5. The number of nitrogens with zero attached hydrogens (tertiary/aromatic N) is 1. The SMILES string of the molecule is C[N+](C)(C)CCCc1ccc(C=CC=CC=Cc2ccccc2)cc1.Cc1ccc(S(=O)(=O)O)cc1. The Morgan fingerprint density at radius 1 is 0.722 bits per heavy atom. The molecule has 0 saturated heterocycles. The minimum Gasteiger partial charge on any atom is -0.331 e. The summed E-state index contributed by atoms with van der Waals surface area (Å²) in [5.74, 6) is 0. The van der Waals surface area contributed by atoms with Crippen LogP contribution in [0.15, 0.2) is 108 Å². The molecule has 0 amide bonds. The van der Waals surface area contributed by atoms with Crippen LogP contribution in [0.1, 0.15) is 28.7 Å². The molecule has 0 heterocycles. The van der Waals surface area contributed by atoms with E-state index in [1.165, 1.54) is 41.8 Å². The van der Waals surface area contributed by atoms with Crippen molar-refractivity contribution in [2.45, 2.75) is 24.7 Å². The molecule has 0 bridgehead atoms. The molecule has 190 valence electrons. The second-order valence-electron chi connectivity index (χ2n) is 9.66. The van der Waals surface area contributed by atoms with Crippen LogP contribution in [0.4, 0.5) is 0 Å². The average molecular weight is 505 g/mol. The number of hydrogen-bond acceptors (Lipinski definition) is 2. The number of aryl methyl sites for hydroxylation is 2. The van der Waals surface area contributed by atoms with Crippen molar-refractivity contribution in [1.82, 2.24) is 0 Å². The van der Waals surface area contributed by atoms with Gasteiger partial charge in [0.25, 0.3) is 10.1 Å². The molecule has 0 aromatic heterocycles. The lowest BCUT2D eigenvalue weighted by atomic mass is 10.1. The summed E-state index contributed by atoms with van der Waals surface area (Å²) in [6.45, 7) is 3.05. The second kappa shape index (κ2) is 14.3. The van der Waals surface area contributed by atoms with Gasteiger partial charge in [0.15, 0.2) is 0 Å². The molecule has 3 aromatic rings. The first-order valence-electron chi connectivity index (χ1n) is 12.0. The van der Waals surface area contributed by atoms with Gasteiger partial charge in [0.05, 0.1) is 32.6 Å². The Hall–Kier alpha value is -3.25. The Balaban J connectivity index is 0.000000346. The van der Waals surface area contributed by atoms with E-state index in [2.05, 4.69) is 106 Å². The van der Waals surface area contributed by atoms with Crippen molar-refractivity contribution in [3.8, 4) is 0 Å². The predicted octanol–water partition coefficient (Wildman–Crippen LogP) is 6.85. The zero-order valence-corrected chi connectivity index (χ0v) is 22.5. The van der Waals surface area contributed by atoms with Crippen LogP contribution in [-0.4, -0.2) is 45.1 Å². The molecule has 0 aliphatic rings. The highest BCUT2D eigenvalue weighted by atomic mass is 32.2. The predicted molar refractivity (Wildman–Crippen MR) is 152 cm³/mol. The molecule has 0 aliphatic heterocycles. The highest BCUT2D eigenvalue weighted by Crippen LogP contribution is 2.10. The van der Waals surface area contributed by atoms with E-state index in [9.17, 15) is 8.42 Å². The molecule has 0 unspecified atom stereocenters. The summed E-state index contributed by atoms with van der Waals surface area (Å²) in [4.78, 5) is -0.0666. The molecule has 3 rings (SSSR count). The molecule has 0 saturated carbocycles. The van der Waals surface area contributed by atoms with E-state index >= 15 is 0 Å². The van der Waals surface area contributed by atoms with Gasteiger partial charge < -0.3 is 4.48 Å². The van der Waals surface area contributed by atoms with Gasteiger partial charge in [0, 0.05) is 6.42 Å². The van der Waals surface area contributed by atoms with Gasteiger partial charge in [0.1, 0.15) is 0 Å². The molecule has 0 radical (unpaired) electrons. The highest BCUT2D eigenvalue weighted by molar-refractivity contribution is 7.85. The number of quaternary nitrogens is 1. The van der Waals surface area contributed by atoms with Crippen molar-refractivity contribution in [1.29, 1.82) is 0 Å². The van der Waals surface area contributed by atoms with Crippen LogP contribution in [0.2, 0.25) is 0 Å². The van der Waals surface area contributed by atoms with Gasteiger partial charge in [-0.1, -0.05) is 109 Å². The average Bonchev–Trinajstić information content (AvgIpc) is 2.82. The monoisotopic (exact) mass is 504 g/mol. The van der Waals surface area contributed by atoms with E-state index in [0.717, 1.165) is 16.5 Å². The van der Waals surface area contributed by atoms with E-state index in [0.29, 0.717) is 0 Å². The summed E-state index contributed by atoms with van der Waals surface area (Å²) >= 11 is 0.